The van der Waals surface area contributed by atoms with E-state index in [9.17, 15) is 10.1 Å². The molecule has 0 bridgehead atoms. The Hall–Kier alpha value is -1.39. The van der Waals surface area contributed by atoms with Gasteiger partial charge in [0.25, 0.3) is 5.70 Å². The third kappa shape index (κ3) is 3.69. The first-order valence-electron chi connectivity index (χ1n) is 3.90. The quantitative estimate of drug-likeness (QED) is 0.467. The molecule has 0 atom stereocenters. The van der Waals surface area contributed by atoms with Crippen LogP contribution < -0.4 is 0 Å². The number of hydrogen-bond acceptors (Lipinski definition) is 3. The minimum absolute atomic E-state index is 0.0507. The molecule has 15 heavy (non-hydrogen) atoms. The molecule has 0 radical (unpaired) electrons. The monoisotopic (exact) mass is 244 g/mol. The Labute approximate surface area is 96.0 Å². The van der Waals surface area contributed by atoms with Gasteiger partial charge in [-0.1, -0.05) is 29.3 Å². The largest absolute Gasteiger partial charge is 0.294 e. The van der Waals surface area contributed by atoms with E-state index >= 15 is 0 Å². The fourth-order valence-corrected chi connectivity index (χ4v) is 1.02. The van der Waals surface area contributed by atoms with Crippen molar-refractivity contribution in [1.29, 1.82) is 0 Å². The summed E-state index contributed by atoms with van der Waals surface area (Å²) in [5.41, 5.74) is 0.0998. The molecule has 0 saturated heterocycles. The van der Waals surface area contributed by atoms with Crippen molar-refractivity contribution in [2.75, 3.05) is 0 Å². The van der Waals surface area contributed by atoms with Gasteiger partial charge in [-0.3, -0.25) is 10.1 Å². The van der Waals surface area contributed by atoms with E-state index in [1.54, 1.807) is 12.1 Å². The van der Waals surface area contributed by atoms with Crippen LogP contribution in [0.1, 0.15) is 5.69 Å². The molecular weight excluding hydrogens is 239 g/mol. The van der Waals surface area contributed by atoms with E-state index in [1.165, 1.54) is 24.4 Å². The molecule has 4 nitrogen and oxygen atoms in total. The lowest BCUT2D eigenvalue weighted by atomic mass is 10.2. The lowest BCUT2D eigenvalue weighted by molar-refractivity contribution is -0.375. The minimum Gasteiger partial charge on any atom is -0.258 e. The van der Waals surface area contributed by atoms with Crippen LogP contribution in [0.4, 0.5) is 0 Å². The van der Waals surface area contributed by atoms with E-state index in [0.717, 1.165) is 0 Å². The normalized spacial score (nSPS) is 10.9. The molecule has 0 aromatic carbocycles. The van der Waals surface area contributed by atoms with Gasteiger partial charge in [-0.2, -0.15) is 0 Å². The zero-order valence-corrected chi connectivity index (χ0v) is 8.94. The first-order chi connectivity index (χ1) is 7.11. The number of allylic oxidation sites excluding steroid dienone is 2. The molecule has 0 unspecified atom stereocenters. The average molecular weight is 245 g/mol. The summed E-state index contributed by atoms with van der Waals surface area (Å²) in [6, 6.07) is 4.86. The number of nitrogens with zero attached hydrogens (tertiary/aromatic N) is 2. The molecule has 6 heteroatoms. The van der Waals surface area contributed by atoms with Crippen molar-refractivity contribution in [2.45, 2.75) is 0 Å². The topological polar surface area (TPSA) is 56.0 Å². The van der Waals surface area contributed by atoms with Gasteiger partial charge in [-0.15, -0.1) is 0 Å². The molecule has 1 aromatic rings. The van der Waals surface area contributed by atoms with Crippen molar-refractivity contribution < 1.29 is 4.92 Å². The van der Waals surface area contributed by atoms with Gasteiger partial charge < -0.3 is 0 Å². The van der Waals surface area contributed by atoms with Crippen LogP contribution in [0.5, 0.6) is 0 Å². The predicted molar refractivity (Wildman–Crippen MR) is 59.0 cm³/mol. The number of nitro groups is 1. The summed E-state index contributed by atoms with van der Waals surface area (Å²) in [7, 11) is 0. The van der Waals surface area contributed by atoms with Crippen LogP contribution >= 0.6 is 23.2 Å². The van der Waals surface area contributed by atoms with Gasteiger partial charge >= 0.3 is 0 Å². The average Bonchev–Trinajstić information content (AvgIpc) is 2.18. The molecule has 0 spiro atoms. The van der Waals surface area contributed by atoms with Gasteiger partial charge in [0.1, 0.15) is 10.2 Å². The molecule has 0 aliphatic carbocycles. The van der Waals surface area contributed by atoms with E-state index in [0.29, 0.717) is 0 Å². The van der Waals surface area contributed by atoms with E-state index in [4.69, 9.17) is 23.2 Å². The fraction of sp³-hybridized carbons (Fsp3) is 0. The predicted octanol–water partition coefficient (Wildman–Crippen LogP) is 3.02. The number of hydrogen-bond donors (Lipinski definition) is 0. The van der Waals surface area contributed by atoms with Crippen LogP contribution in [0.3, 0.4) is 0 Å². The smallest absolute Gasteiger partial charge is 0.258 e. The number of rotatable bonds is 3. The zero-order valence-electron chi connectivity index (χ0n) is 7.43. The van der Waals surface area contributed by atoms with Gasteiger partial charge in [0.15, 0.2) is 0 Å². The van der Waals surface area contributed by atoms with Gasteiger partial charge in [-0.25, -0.2) is 4.98 Å². The fourth-order valence-electron chi connectivity index (χ4n) is 0.896. The van der Waals surface area contributed by atoms with Crippen molar-refractivity contribution in [1.82, 2.24) is 4.98 Å². The molecule has 1 rings (SSSR count). The Morgan fingerprint density at radius 1 is 1.40 bits per heavy atom. The Bertz CT molecular complexity index is 411. The van der Waals surface area contributed by atoms with Crippen LogP contribution in [0.15, 0.2) is 41.0 Å². The lowest BCUT2D eigenvalue weighted by Crippen LogP contribution is -1.99. The zero-order chi connectivity index (χ0) is 11.3. The van der Waals surface area contributed by atoms with Crippen molar-refractivity contribution in [3.05, 3.63) is 56.8 Å². The van der Waals surface area contributed by atoms with Crippen LogP contribution in [0.2, 0.25) is 0 Å². The minimum atomic E-state index is -0.546. The van der Waals surface area contributed by atoms with Crippen molar-refractivity contribution in [3.63, 3.8) is 0 Å². The molecular formula is C9H6Cl2N2O2. The van der Waals surface area contributed by atoms with E-state index in [-0.39, 0.29) is 15.9 Å². The summed E-state index contributed by atoms with van der Waals surface area (Å²) in [5, 5.41) is 10.7. The van der Waals surface area contributed by atoms with Gasteiger partial charge in [0.2, 0.25) is 0 Å². The summed E-state index contributed by atoms with van der Waals surface area (Å²) in [6.45, 7) is 0. The highest BCUT2D eigenvalue weighted by molar-refractivity contribution is 6.56. The summed E-state index contributed by atoms with van der Waals surface area (Å²) in [4.78, 5) is 14.0. The maximum absolute atomic E-state index is 10.7. The van der Waals surface area contributed by atoms with Gasteiger partial charge in [0, 0.05) is 12.3 Å². The SMILES string of the molecule is O=[N+]([O-])/C(=C/C=C(Cl)Cl)c1ccccn1. The third-order valence-corrected chi connectivity index (χ3v) is 1.74. The second-order valence-corrected chi connectivity index (χ2v) is 3.49. The molecule has 0 amide bonds. The van der Waals surface area contributed by atoms with Crippen molar-refractivity contribution in [3.8, 4) is 0 Å². The molecule has 1 heterocycles. The van der Waals surface area contributed by atoms with Gasteiger partial charge in [-0.05, 0) is 18.2 Å². The van der Waals surface area contributed by atoms with Crippen LogP contribution in [-0.4, -0.2) is 9.91 Å². The summed E-state index contributed by atoms with van der Waals surface area (Å²) >= 11 is 10.7. The molecule has 1 aromatic heterocycles. The standard InChI is InChI=1S/C9H6Cl2N2O2/c10-9(11)5-4-8(13(14)15)7-3-1-2-6-12-7/h1-6H/b8-4+. The Balaban J connectivity index is 3.10. The van der Waals surface area contributed by atoms with Crippen LogP contribution in [0, 0.1) is 10.1 Å². The maximum atomic E-state index is 10.7. The molecule has 0 N–H and O–H groups in total. The van der Waals surface area contributed by atoms with Gasteiger partial charge in [0.05, 0.1) is 4.92 Å². The maximum Gasteiger partial charge on any atom is 0.294 e. The molecule has 0 aliphatic rings. The first-order valence-corrected chi connectivity index (χ1v) is 4.65. The van der Waals surface area contributed by atoms with Crippen LogP contribution in [-0.2, 0) is 0 Å². The first kappa shape index (κ1) is 11.7. The second-order valence-electron chi connectivity index (χ2n) is 2.48. The second kappa shape index (κ2) is 5.48. The van der Waals surface area contributed by atoms with E-state index in [1.807, 2.05) is 0 Å². The Kier molecular flexibility index (Phi) is 4.27. The number of pyridine rings is 1. The summed E-state index contributed by atoms with van der Waals surface area (Å²) in [6.07, 6.45) is 3.91. The van der Waals surface area contributed by atoms with Crippen molar-refractivity contribution >= 4 is 28.9 Å². The van der Waals surface area contributed by atoms with Crippen molar-refractivity contribution in [2.24, 2.45) is 0 Å². The molecule has 0 saturated carbocycles. The highest BCUT2D eigenvalue weighted by atomic mass is 35.5. The number of aromatic nitrogens is 1. The highest BCUT2D eigenvalue weighted by Gasteiger charge is 2.13. The third-order valence-electron chi connectivity index (χ3n) is 1.49. The summed E-state index contributed by atoms with van der Waals surface area (Å²) in [5.74, 6) is 0. The Morgan fingerprint density at radius 3 is 2.60 bits per heavy atom. The number of halogens is 2. The van der Waals surface area contributed by atoms with E-state index < -0.39 is 4.92 Å². The Morgan fingerprint density at radius 2 is 2.13 bits per heavy atom. The molecule has 78 valence electrons. The van der Waals surface area contributed by atoms with Crippen LogP contribution in [0.25, 0.3) is 5.70 Å². The lowest BCUT2D eigenvalue weighted by Gasteiger charge is -1.95. The van der Waals surface area contributed by atoms with E-state index in [2.05, 4.69) is 4.98 Å². The molecule has 0 fully saturated rings. The molecule has 0 aliphatic heterocycles. The highest BCUT2D eigenvalue weighted by Crippen LogP contribution is 2.14. The summed E-state index contributed by atoms with van der Waals surface area (Å²) < 4.78 is -0.0507.